The highest BCUT2D eigenvalue weighted by molar-refractivity contribution is 7.17. The second-order valence-corrected chi connectivity index (χ2v) is 8.49. The van der Waals surface area contributed by atoms with E-state index >= 15 is 0 Å². The van der Waals surface area contributed by atoms with Crippen LogP contribution in [0.5, 0.6) is 0 Å². The average molecular weight is 433 g/mol. The molecule has 1 saturated carbocycles. The van der Waals surface area contributed by atoms with Crippen LogP contribution in [0.25, 0.3) is 10.5 Å². The van der Waals surface area contributed by atoms with Crippen molar-refractivity contribution in [3.8, 4) is 11.8 Å². The van der Waals surface area contributed by atoms with Gasteiger partial charge in [0.1, 0.15) is 23.0 Å². The quantitative estimate of drug-likeness (QED) is 0.432. The number of nitrogens with one attached hydrogen (secondary N) is 1. The van der Waals surface area contributed by atoms with Gasteiger partial charge in [-0.25, -0.2) is 9.67 Å². The van der Waals surface area contributed by atoms with Crippen molar-refractivity contribution >= 4 is 22.1 Å². The molecule has 1 atom stereocenters. The van der Waals surface area contributed by atoms with Crippen LogP contribution < -0.4 is 5.32 Å². The van der Waals surface area contributed by atoms with Crippen LogP contribution in [-0.2, 0) is 0 Å². The van der Waals surface area contributed by atoms with E-state index in [-0.39, 0.29) is 12.3 Å². The first-order chi connectivity index (χ1) is 15.2. The number of aromatic nitrogens is 5. The van der Waals surface area contributed by atoms with E-state index < -0.39 is 6.10 Å². The summed E-state index contributed by atoms with van der Waals surface area (Å²) in [6, 6.07) is 8.89. The largest absolute Gasteiger partial charge is 0.380 e. The third-order valence-electron chi connectivity index (χ3n) is 5.25. The van der Waals surface area contributed by atoms with Crippen molar-refractivity contribution in [3.05, 3.63) is 64.8 Å². The molecule has 1 aliphatic carbocycles. The number of benzene rings is 1. The Morgan fingerprint density at radius 2 is 2.16 bits per heavy atom. The summed E-state index contributed by atoms with van der Waals surface area (Å²) < 4.78 is 3.51. The number of carbonyl (C=O) groups excluding carboxylic acids is 1. The van der Waals surface area contributed by atoms with Crippen LogP contribution in [0.15, 0.2) is 43.0 Å². The molecule has 1 unspecified atom stereocenters. The van der Waals surface area contributed by atoms with E-state index in [1.54, 1.807) is 52.8 Å². The van der Waals surface area contributed by atoms with E-state index in [1.165, 1.54) is 4.88 Å². The van der Waals surface area contributed by atoms with E-state index in [4.69, 9.17) is 5.26 Å². The number of nitrogens with zero attached hydrogens (tertiary/aromatic N) is 6. The second-order valence-electron chi connectivity index (χ2n) is 7.43. The Bertz CT molecular complexity index is 1280. The fraction of sp³-hybridized carbons (Fsp3) is 0.286. The SMILES string of the molecule is N#CCCNC(=O)c1ccc(-n2cc(C(O)c3c(C4CC4)sc4cncn34)nn2)cc1. The van der Waals surface area contributed by atoms with Crippen LogP contribution in [0.2, 0.25) is 0 Å². The number of rotatable bonds is 7. The van der Waals surface area contributed by atoms with E-state index in [0.717, 1.165) is 29.1 Å². The summed E-state index contributed by atoms with van der Waals surface area (Å²) in [4.78, 5) is 18.5. The molecule has 1 amide bonds. The maximum Gasteiger partial charge on any atom is 0.251 e. The molecule has 1 fully saturated rings. The van der Waals surface area contributed by atoms with Crippen LogP contribution >= 0.6 is 11.3 Å². The van der Waals surface area contributed by atoms with Gasteiger partial charge in [-0.15, -0.1) is 16.4 Å². The van der Waals surface area contributed by atoms with Gasteiger partial charge in [0.15, 0.2) is 0 Å². The number of nitriles is 1. The Labute approximate surface area is 181 Å². The van der Waals surface area contributed by atoms with Crippen LogP contribution in [0.3, 0.4) is 0 Å². The Kier molecular flexibility index (Phi) is 4.97. The van der Waals surface area contributed by atoms with Crippen molar-refractivity contribution in [2.75, 3.05) is 6.54 Å². The minimum atomic E-state index is -0.905. The molecule has 0 aliphatic heterocycles. The van der Waals surface area contributed by atoms with Crippen LogP contribution in [0.4, 0.5) is 0 Å². The number of thiazole rings is 1. The third-order valence-corrected chi connectivity index (χ3v) is 6.52. The van der Waals surface area contributed by atoms with Gasteiger partial charge in [-0.1, -0.05) is 5.21 Å². The fourth-order valence-electron chi connectivity index (χ4n) is 3.50. The minimum absolute atomic E-state index is 0.231. The fourth-order valence-corrected chi connectivity index (χ4v) is 4.79. The molecule has 1 aromatic carbocycles. The van der Waals surface area contributed by atoms with Gasteiger partial charge in [-0.3, -0.25) is 9.20 Å². The van der Waals surface area contributed by atoms with Gasteiger partial charge < -0.3 is 10.4 Å². The molecule has 31 heavy (non-hydrogen) atoms. The predicted octanol–water partition coefficient (Wildman–Crippen LogP) is 2.58. The lowest BCUT2D eigenvalue weighted by Crippen LogP contribution is -2.24. The summed E-state index contributed by atoms with van der Waals surface area (Å²) in [5, 5.41) is 30.7. The maximum atomic E-state index is 12.1. The molecular formula is C21H19N7O2S. The molecule has 1 aliphatic rings. The molecule has 0 saturated heterocycles. The molecular weight excluding hydrogens is 414 g/mol. The summed E-state index contributed by atoms with van der Waals surface area (Å²) >= 11 is 1.67. The van der Waals surface area contributed by atoms with Gasteiger partial charge in [0.2, 0.25) is 0 Å². The first-order valence-corrected chi connectivity index (χ1v) is 10.8. The van der Waals surface area contributed by atoms with Crippen molar-refractivity contribution in [1.29, 1.82) is 5.26 Å². The number of aliphatic hydroxyl groups excluding tert-OH is 1. The van der Waals surface area contributed by atoms with Crippen LogP contribution in [-0.4, -0.2) is 41.9 Å². The number of imidazole rings is 1. The number of hydrogen-bond donors (Lipinski definition) is 2. The maximum absolute atomic E-state index is 12.1. The summed E-state index contributed by atoms with van der Waals surface area (Å²) in [5.41, 5.74) is 2.49. The van der Waals surface area contributed by atoms with Crippen molar-refractivity contribution in [1.82, 2.24) is 29.7 Å². The molecule has 3 heterocycles. The number of fused-ring (bicyclic) bond motifs is 1. The first-order valence-electron chi connectivity index (χ1n) is 9.96. The van der Waals surface area contributed by atoms with E-state index in [1.807, 2.05) is 16.7 Å². The molecule has 3 aromatic heterocycles. The number of aliphatic hydroxyl groups is 1. The molecule has 0 spiro atoms. The standard InChI is InChI=1S/C21H19N7O2S/c22-8-1-9-24-21(30)14-4-6-15(7-5-14)28-11-16(25-26-28)19(29)18-20(13-2-3-13)31-17-10-23-12-27(17)18/h4-7,10-13,19,29H,1-3,9H2,(H,24,30). The first kappa shape index (κ1) is 19.4. The van der Waals surface area contributed by atoms with Crippen LogP contribution in [0.1, 0.15) is 57.9 Å². The highest BCUT2D eigenvalue weighted by Crippen LogP contribution is 2.47. The molecule has 9 nitrogen and oxygen atoms in total. The lowest BCUT2D eigenvalue weighted by atomic mass is 10.1. The number of amides is 1. The van der Waals surface area contributed by atoms with Gasteiger partial charge in [0.25, 0.3) is 5.91 Å². The minimum Gasteiger partial charge on any atom is -0.380 e. The van der Waals surface area contributed by atoms with Crippen molar-refractivity contribution < 1.29 is 9.90 Å². The molecule has 0 bridgehead atoms. The molecule has 2 N–H and O–H groups in total. The number of hydrogen-bond acceptors (Lipinski definition) is 7. The van der Waals surface area contributed by atoms with Gasteiger partial charge in [-0.05, 0) is 43.0 Å². The predicted molar refractivity (Wildman–Crippen MR) is 113 cm³/mol. The molecule has 156 valence electrons. The Morgan fingerprint density at radius 1 is 1.35 bits per heavy atom. The summed E-state index contributed by atoms with van der Waals surface area (Å²) in [6.07, 6.45) is 6.87. The van der Waals surface area contributed by atoms with Crippen LogP contribution in [0, 0.1) is 11.3 Å². The summed E-state index contributed by atoms with van der Waals surface area (Å²) in [7, 11) is 0. The van der Waals surface area contributed by atoms with Gasteiger partial charge in [0, 0.05) is 17.0 Å². The van der Waals surface area contributed by atoms with E-state index in [2.05, 4.69) is 20.6 Å². The van der Waals surface area contributed by atoms with E-state index in [0.29, 0.717) is 23.7 Å². The molecule has 4 aromatic rings. The third kappa shape index (κ3) is 3.69. The second kappa shape index (κ2) is 7.94. The van der Waals surface area contributed by atoms with Crippen molar-refractivity contribution in [3.63, 3.8) is 0 Å². The van der Waals surface area contributed by atoms with Crippen molar-refractivity contribution in [2.45, 2.75) is 31.3 Å². The number of carbonyl (C=O) groups is 1. The smallest absolute Gasteiger partial charge is 0.251 e. The molecule has 0 radical (unpaired) electrons. The monoisotopic (exact) mass is 433 g/mol. The Morgan fingerprint density at radius 3 is 2.90 bits per heavy atom. The van der Waals surface area contributed by atoms with Gasteiger partial charge >= 0.3 is 0 Å². The average Bonchev–Trinajstić information content (AvgIpc) is 3.19. The molecule has 10 heteroatoms. The Balaban J connectivity index is 1.37. The summed E-state index contributed by atoms with van der Waals surface area (Å²) in [6.45, 7) is 0.316. The summed E-state index contributed by atoms with van der Waals surface area (Å²) in [5.74, 6) is 0.266. The molecule has 5 rings (SSSR count). The van der Waals surface area contributed by atoms with Crippen molar-refractivity contribution in [2.24, 2.45) is 0 Å². The highest BCUT2D eigenvalue weighted by Gasteiger charge is 2.33. The zero-order chi connectivity index (χ0) is 21.4. The lowest BCUT2D eigenvalue weighted by molar-refractivity contribution is 0.0954. The highest BCUT2D eigenvalue weighted by atomic mass is 32.1. The normalized spacial score (nSPS) is 14.5. The zero-order valence-electron chi connectivity index (χ0n) is 16.5. The topological polar surface area (TPSA) is 121 Å². The van der Waals surface area contributed by atoms with Gasteiger partial charge in [-0.2, -0.15) is 5.26 Å². The van der Waals surface area contributed by atoms with E-state index in [9.17, 15) is 9.90 Å². The Hall–Kier alpha value is -3.55. The lowest BCUT2D eigenvalue weighted by Gasteiger charge is -2.09. The van der Waals surface area contributed by atoms with Gasteiger partial charge in [0.05, 0.1) is 36.3 Å². The zero-order valence-corrected chi connectivity index (χ0v) is 17.3.